The van der Waals surface area contributed by atoms with Crippen LogP contribution < -0.4 is 20.3 Å². The van der Waals surface area contributed by atoms with E-state index in [1.165, 1.54) is 6.42 Å². The van der Waals surface area contributed by atoms with E-state index in [2.05, 4.69) is 36.7 Å². The molecule has 3 rings (SSSR count). The minimum atomic E-state index is -2.94. The Hall–Kier alpha value is -1.95. The van der Waals surface area contributed by atoms with Crippen LogP contribution in [-0.2, 0) is 6.42 Å². The largest absolute Gasteiger partial charge is 0.469 e. The minimum Gasteiger partial charge on any atom is -0.469 e. The van der Waals surface area contributed by atoms with Crippen molar-refractivity contribution in [1.29, 1.82) is 0 Å². The molecule has 1 aromatic heterocycles. The molecule has 2 aromatic rings. The molecule has 11 heteroatoms. The molecule has 3 atom stereocenters. The van der Waals surface area contributed by atoms with Gasteiger partial charge < -0.3 is 25.5 Å². The molecule has 0 aliphatic carbocycles. The number of rotatable bonds is 15. The van der Waals surface area contributed by atoms with Gasteiger partial charge in [0.2, 0.25) is 0 Å². The molecule has 1 amide bonds. The maximum atomic E-state index is 13.5. The molecule has 6 N–H and O–H groups in total. The molecule has 9 nitrogen and oxygen atoms in total. The Morgan fingerprint density at radius 1 is 1.15 bits per heavy atom. The number of nitrogens with one attached hydrogen (secondary N) is 3. The van der Waals surface area contributed by atoms with E-state index in [4.69, 9.17) is 4.42 Å². The molecule has 0 saturated carbocycles. The zero-order chi connectivity index (χ0) is 28.4. The summed E-state index contributed by atoms with van der Waals surface area (Å²) in [5.74, 6) is 1.32. The average molecular weight is 601 g/mol. The van der Waals surface area contributed by atoms with E-state index >= 15 is 0 Å². The molecule has 1 fully saturated rings. The first-order valence-corrected chi connectivity index (χ1v) is 15.9. The lowest BCUT2D eigenvalue weighted by molar-refractivity contribution is 0.0818. The summed E-state index contributed by atoms with van der Waals surface area (Å²) in [6.45, 7) is 10.0. The Kier molecular flexibility index (Phi) is 14.1. The van der Waals surface area contributed by atoms with Gasteiger partial charge in [-0.1, -0.05) is 26.7 Å². The van der Waals surface area contributed by atoms with Crippen LogP contribution in [0.2, 0.25) is 0 Å². The summed E-state index contributed by atoms with van der Waals surface area (Å²) in [7, 11) is -2.94. The lowest BCUT2D eigenvalue weighted by Crippen LogP contribution is -2.49. The standard InChI is InChI=1S/C29H48N4O5S.ClH/c1-5-30-24-16-23(17-25(18-24)33-13-6-7-15-39(33,36)37)29(35)32-27(19-26-12-9-14-38-26)28(34)20-31-22(4)11-8-10-21(2)3;/h9,12,14,16-18,21-22,27-28,30-31,34,36-37H,5-8,10-11,13,15,19-20H2,1-4H3,(H,32,35);1H/t22?,27-,28+;/m0./s1. The molecular weight excluding hydrogens is 552 g/mol. The number of carbonyl (C=O) groups is 1. The normalized spacial score (nSPS) is 17.9. The molecular formula is C29H49ClN4O5S. The van der Waals surface area contributed by atoms with Crippen LogP contribution in [0.25, 0.3) is 0 Å². The highest BCUT2D eigenvalue weighted by atomic mass is 35.5. The third-order valence-electron chi connectivity index (χ3n) is 7.11. The van der Waals surface area contributed by atoms with Crippen molar-refractivity contribution in [1.82, 2.24) is 10.6 Å². The summed E-state index contributed by atoms with van der Waals surface area (Å²) in [6, 6.07) is 8.59. The number of halogens is 1. The third kappa shape index (κ3) is 10.5. The van der Waals surface area contributed by atoms with Gasteiger partial charge in [-0.05, 0) is 69.4 Å². The second kappa shape index (κ2) is 16.5. The van der Waals surface area contributed by atoms with Crippen molar-refractivity contribution in [3.63, 3.8) is 0 Å². The molecule has 1 saturated heterocycles. The number of nitrogens with zero attached hydrogens (tertiary/aromatic N) is 1. The average Bonchev–Trinajstić information content (AvgIpc) is 3.39. The third-order valence-corrected chi connectivity index (χ3v) is 9.04. The second-order valence-corrected chi connectivity index (χ2v) is 13.1. The Labute approximate surface area is 247 Å². The van der Waals surface area contributed by atoms with Gasteiger partial charge in [-0.2, -0.15) is 0 Å². The number of hydrogen-bond acceptors (Lipinski definition) is 8. The van der Waals surface area contributed by atoms with Crippen LogP contribution in [0.3, 0.4) is 0 Å². The summed E-state index contributed by atoms with van der Waals surface area (Å²) >= 11 is 0. The number of anilines is 2. The molecule has 1 unspecified atom stereocenters. The fourth-order valence-electron chi connectivity index (χ4n) is 4.88. The van der Waals surface area contributed by atoms with Gasteiger partial charge in [0, 0.05) is 43.3 Å². The molecule has 0 radical (unpaired) electrons. The van der Waals surface area contributed by atoms with Crippen molar-refractivity contribution < 1.29 is 23.4 Å². The first-order chi connectivity index (χ1) is 18.6. The van der Waals surface area contributed by atoms with Crippen LogP contribution in [-0.4, -0.2) is 63.7 Å². The van der Waals surface area contributed by atoms with E-state index in [0.29, 0.717) is 54.7 Å². The van der Waals surface area contributed by atoms with Gasteiger partial charge in [-0.15, -0.1) is 23.2 Å². The molecule has 228 valence electrons. The van der Waals surface area contributed by atoms with E-state index in [0.717, 1.165) is 31.4 Å². The van der Waals surface area contributed by atoms with Gasteiger partial charge in [0.15, 0.2) is 0 Å². The smallest absolute Gasteiger partial charge is 0.251 e. The lowest BCUT2D eigenvalue weighted by atomic mass is 10.0. The summed E-state index contributed by atoms with van der Waals surface area (Å²) in [4.78, 5) is 13.5. The van der Waals surface area contributed by atoms with Crippen molar-refractivity contribution in [2.75, 3.05) is 35.0 Å². The second-order valence-electron chi connectivity index (χ2n) is 11.0. The molecule has 1 aliphatic rings. The zero-order valence-electron chi connectivity index (χ0n) is 24.3. The lowest BCUT2D eigenvalue weighted by Gasteiger charge is -2.47. The van der Waals surface area contributed by atoms with Gasteiger partial charge in [0.1, 0.15) is 5.76 Å². The van der Waals surface area contributed by atoms with Crippen molar-refractivity contribution >= 4 is 40.5 Å². The summed E-state index contributed by atoms with van der Waals surface area (Å²) in [5, 5.41) is 20.8. The van der Waals surface area contributed by atoms with E-state index in [-0.39, 0.29) is 24.4 Å². The van der Waals surface area contributed by atoms with E-state index in [9.17, 15) is 19.0 Å². The Morgan fingerprint density at radius 2 is 1.93 bits per heavy atom. The predicted molar refractivity (Wildman–Crippen MR) is 168 cm³/mol. The van der Waals surface area contributed by atoms with Gasteiger partial charge in [0.05, 0.1) is 29.8 Å². The molecule has 1 aliphatic heterocycles. The quantitative estimate of drug-likeness (QED) is 0.149. The van der Waals surface area contributed by atoms with Gasteiger partial charge in [0.25, 0.3) is 5.91 Å². The molecule has 40 heavy (non-hydrogen) atoms. The Morgan fingerprint density at radius 3 is 2.58 bits per heavy atom. The van der Waals surface area contributed by atoms with E-state index in [1.807, 2.05) is 19.1 Å². The van der Waals surface area contributed by atoms with Crippen molar-refractivity contribution in [2.45, 2.75) is 84.4 Å². The number of carbonyl (C=O) groups excluding carboxylic acids is 1. The number of aliphatic hydroxyl groups is 1. The monoisotopic (exact) mass is 600 g/mol. The van der Waals surface area contributed by atoms with Crippen LogP contribution in [0, 0.1) is 5.92 Å². The van der Waals surface area contributed by atoms with Crippen molar-refractivity contribution in [3.8, 4) is 0 Å². The fraction of sp³-hybridized carbons (Fsp3) is 0.621. The highest BCUT2D eigenvalue weighted by Gasteiger charge is 2.29. The van der Waals surface area contributed by atoms with Crippen LogP contribution in [0.5, 0.6) is 0 Å². The van der Waals surface area contributed by atoms with Crippen molar-refractivity contribution in [3.05, 3.63) is 47.9 Å². The maximum Gasteiger partial charge on any atom is 0.251 e. The van der Waals surface area contributed by atoms with Gasteiger partial charge in [-0.3, -0.25) is 18.2 Å². The van der Waals surface area contributed by atoms with Crippen LogP contribution >= 0.6 is 23.2 Å². The number of hydrogen-bond donors (Lipinski definition) is 6. The molecule has 0 spiro atoms. The van der Waals surface area contributed by atoms with Crippen molar-refractivity contribution in [2.24, 2.45) is 5.92 Å². The first-order valence-electron chi connectivity index (χ1n) is 14.3. The Bertz CT molecular complexity index is 1020. The van der Waals surface area contributed by atoms with E-state index in [1.54, 1.807) is 28.8 Å². The first kappa shape index (κ1) is 34.3. The maximum absolute atomic E-state index is 13.5. The van der Waals surface area contributed by atoms with Gasteiger partial charge in [-0.25, -0.2) is 0 Å². The number of benzene rings is 1. The summed E-state index contributed by atoms with van der Waals surface area (Å²) < 4.78 is 28.5. The molecule has 1 aromatic carbocycles. The predicted octanol–water partition coefficient (Wildman–Crippen LogP) is 5.91. The molecule has 2 heterocycles. The number of furan rings is 1. The van der Waals surface area contributed by atoms with Gasteiger partial charge >= 0.3 is 0 Å². The van der Waals surface area contributed by atoms with Crippen LogP contribution in [0.15, 0.2) is 41.0 Å². The highest BCUT2D eigenvalue weighted by molar-refractivity contribution is 8.25. The Balaban J connectivity index is 0.00000560. The summed E-state index contributed by atoms with van der Waals surface area (Å²) in [5.41, 5.74) is 1.70. The van der Waals surface area contributed by atoms with Crippen LogP contribution in [0.1, 0.15) is 75.9 Å². The van der Waals surface area contributed by atoms with E-state index < -0.39 is 22.9 Å². The SMILES string of the molecule is CCNc1cc(C(=O)N[C@@H](Cc2ccco2)[C@H](O)CNC(C)CCCC(C)C)cc(N2CCCCS2(O)O)c1.Cl. The topological polar surface area (TPSA) is 130 Å². The summed E-state index contributed by atoms with van der Waals surface area (Å²) in [6.07, 6.45) is 6.02. The fourth-order valence-corrected chi connectivity index (χ4v) is 6.55. The molecule has 0 bridgehead atoms. The minimum absolute atomic E-state index is 0. The number of aliphatic hydroxyl groups excluding tert-OH is 1. The zero-order valence-corrected chi connectivity index (χ0v) is 25.9. The number of amides is 1. The highest BCUT2D eigenvalue weighted by Crippen LogP contribution is 2.50. The van der Waals surface area contributed by atoms with Crippen LogP contribution in [0.4, 0.5) is 11.4 Å².